The number of rotatable bonds is 5. The van der Waals surface area contributed by atoms with Crippen molar-refractivity contribution in [3.8, 4) is 0 Å². The lowest BCUT2D eigenvalue weighted by Crippen LogP contribution is -2.13. The van der Waals surface area contributed by atoms with Crippen LogP contribution in [0.3, 0.4) is 0 Å². The molecular weight excluding hydrogens is 222 g/mol. The fraction of sp³-hybridized carbons (Fsp3) is 0.833. The van der Waals surface area contributed by atoms with Crippen molar-refractivity contribution in [2.75, 3.05) is 0 Å². The SMILES string of the molecule is CCC(C)CC(C)n1c(Cl)nnc1C(C)C. The number of halogens is 1. The molecule has 0 aliphatic rings. The van der Waals surface area contributed by atoms with Gasteiger partial charge in [-0.2, -0.15) is 0 Å². The molecule has 1 heterocycles. The number of hydrogen-bond donors (Lipinski definition) is 0. The van der Waals surface area contributed by atoms with Gasteiger partial charge in [0.05, 0.1) is 0 Å². The van der Waals surface area contributed by atoms with E-state index in [1.165, 1.54) is 6.42 Å². The van der Waals surface area contributed by atoms with Crippen LogP contribution >= 0.6 is 11.6 Å². The van der Waals surface area contributed by atoms with Crippen LogP contribution in [0.1, 0.15) is 65.2 Å². The Hall–Kier alpha value is -0.570. The van der Waals surface area contributed by atoms with Gasteiger partial charge in [-0.05, 0) is 30.9 Å². The second-order valence-electron chi connectivity index (χ2n) is 4.95. The van der Waals surface area contributed by atoms with Gasteiger partial charge < -0.3 is 0 Å². The molecule has 1 aromatic rings. The molecule has 0 saturated carbocycles. The second kappa shape index (κ2) is 5.67. The Morgan fingerprint density at radius 1 is 1.19 bits per heavy atom. The highest BCUT2D eigenvalue weighted by atomic mass is 35.5. The summed E-state index contributed by atoms with van der Waals surface area (Å²) in [6, 6.07) is 0.370. The standard InChI is InChI=1S/C12H22ClN3/c1-6-9(4)7-10(5)16-11(8(2)3)14-15-12(16)13/h8-10H,6-7H2,1-5H3. The molecule has 1 rings (SSSR count). The van der Waals surface area contributed by atoms with Crippen LogP contribution in [0.4, 0.5) is 0 Å². The number of nitrogens with zero attached hydrogens (tertiary/aromatic N) is 3. The highest BCUT2D eigenvalue weighted by Crippen LogP contribution is 2.26. The van der Waals surface area contributed by atoms with Crippen molar-refractivity contribution in [1.82, 2.24) is 14.8 Å². The minimum atomic E-state index is 0.361. The quantitative estimate of drug-likeness (QED) is 0.781. The first-order valence-corrected chi connectivity index (χ1v) is 6.45. The van der Waals surface area contributed by atoms with Gasteiger partial charge in [0.1, 0.15) is 5.82 Å². The summed E-state index contributed by atoms with van der Waals surface area (Å²) in [5.74, 6) is 2.05. The van der Waals surface area contributed by atoms with Gasteiger partial charge in [0.15, 0.2) is 0 Å². The van der Waals surface area contributed by atoms with E-state index in [0.29, 0.717) is 23.2 Å². The van der Waals surface area contributed by atoms with E-state index in [-0.39, 0.29) is 0 Å². The average molecular weight is 244 g/mol. The Bertz CT molecular complexity index is 333. The average Bonchev–Trinajstić information content (AvgIpc) is 2.59. The summed E-state index contributed by atoms with van der Waals surface area (Å²) in [6.45, 7) is 10.9. The zero-order valence-corrected chi connectivity index (χ0v) is 11.6. The molecule has 16 heavy (non-hydrogen) atoms. The van der Waals surface area contributed by atoms with Crippen LogP contribution in [-0.4, -0.2) is 14.8 Å². The molecule has 2 unspecified atom stereocenters. The predicted molar refractivity (Wildman–Crippen MR) is 67.9 cm³/mol. The third-order valence-electron chi connectivity index (χ3n) is 3.08. The van der Waals surface area contributed by atoms with E-state index in [0.717, 1.165) is 12.2 Å². The second-order valence-corrected chi connectivity index (χ2v) is 5.29. The van der Waals surface area contributed by atoms with Gasteiger partial charge in [-0.15, -0.1) is 10.2 Å². The lowest BCUT2D eigenvalue weighted by molar-refractivity contribution is 0.387. The maximum atomic E-state index is 6.10. The van der Waals surface area contributed by atoms with Crippen LogP contribution in [0.25, 0.3) is 0 Å². The first-order valence-electron chi connectivity index (χ1n) is 6.07. The molecule has 3 nitrogen and oxygen atoms in total. The third kappa shape index (κ3) is 2.97. The van der Waals surface area contributed by atoms with Crippen molar-refractivity contribution in [2.45, 2.75) is 59.4 Å². The zero-order valence-electron chi connectivity index (χ0n) is 10.9. The molecule has 0 N–H and O–H groups in total. The lowest BCUT2D eigenvalue weighted by Gasteiger charge is -2.20. The van der Waals surface area contributed by atoms with Gasteiger partial charge in [0.25, 0.3) is 0 Å². The van der Waals surface area contributed by atoms with Crippen molar-refractivity contribution in [2.24, 2.45) is 5.92 Å². The van der Waals surface area contributed by atoms with Gasteiger partial charge in [0.2, 0.25) is 5.28 Å². The Balaban J connectivity index is 2.89. The molecule has 0 spiro atoms. The van der Waals surface area contributed by atoms with Gasteiger partial charge >= 0.3 is 0 Å². The fourth-order valence-corrected chi connectivity index (χ4v) is 2.23. The number of hydrogen-bond acceptors (Lipinski definition) is 2. The molecule has 0 bridgehead atoms. The van der Waals surface area contributed by atoms with Crippen molar-refractivity contribution in [3.05, 3.63) is 11.1 Å². The minimum Gasteiger partial charge on any atom is -0.299 e. The van der Waals surface area contributed by atoms with Crippen molar-refractivity contribution < 1.29 is 0 Å². The highest BCUT2D eigenvalue weighted by Gasteiger charge is 2.19. The first kappa shape index (κ1) is 13.5. The Morgan fingerprint density at radius 3 is 2.31 bits per heavy atom. The van der Waals surface area contributed by atoms with Gasteiger partial charge in [-0.1, -0.05) is 34.1 Å². The Labute approximate surface area is 103 Å². The monoisotopic (exact) mass is 243 g/mol. The molecule has 1 aromatic heterocycles. The molecule has 0 aliphatic heterocycles. The van der Waals surface area contributed by atoms with E-state index in [4.69, 9.17) is 11.6 Å². The summed E-state index contributed by atoms with van der Waals surface area (Å²) in [7, 11) is 0. The van der Waals surface area contributed by atoms with Crippen LogP contribution in [-0.2, 0) is 0 Å². The normalized spacial score (nSPS) is 15.4. The van der Waals surface area contributed by atoms with Crippen molar-refractivity contribution in [1.29, 1.82) is 0 Å². The summed E-state index contributed by atoms with van der Waals surface area (Å²) in [5, 5.41) is 8.63. The topological polar surface area (TPSA) is 30.7 Å². The van der Waals surface area contributed by atoms with Crippen LogP contribution in [0.5, 0.6) is 0 Å². The van der Waals surface area contributed by atoms with Crippen molar-refractivity contribution >= 4 is 11.6 Å². The molecule has 0 radical (unpaired) electrons. The molecule has 0 aliphatic carbocycles. The summed E-state index contributed by atoms with van der Waals surface area (Å²) >= 11 is 6.10. The minimum absolute atomic E-state index is 0.361. The van der Waals surface area contributed by atoms with E-state index < -0.39 is 0 Å². The first-order chi connectivity index (χ1) is 7.47. The van der Waals surface area contributed by atoms with Crippen LogP contribution < -0.4 is 0 Å². The van der Waals surface area contributed by atoms with Crippen LogP contribution in [0.2, 0.25) is 5.28 Å². The van der Waals surface area contributed by atoms with Crippen molar-refractivity contribution in [3.63, 3.8) is 0 Å². The third-order valence-corrected chi connectivity index (χ3v) is 3.34. The molecular formula is C12H22ClN3. The summed E-state index contributed by atoms with van der Waals surface area (Å²) in [4.78, 5) is 0. The van der Waals surface area contributed by atoms with Crippen LogP contribution in [0.15, 0.2) is 0 Å². The smallest absolute Gasteiger partial charge is 0.225 e. The van der Waals surface area contributed by atoms with Crippen LogP contribution in [0, 0.1) is 5.92 Å². The van der Waals surface area contributed by atoms with E-state index in [9.17, 15) is 0 Å². The molecule has 4 heteroatoms. The van der Waals surface area contributed by atoms with E-state index in [1.54, 1.807) is 0 Å². The summed E-state index contributed by atoms with van der Waals surface area (Å²) < 4.78 is 2.07. The Kier molecular flexibility index (Phi) is 4.78. The van der Waals surface area contributed by atoms with Gasteiger partial charge in [-0.3, -0.25) is 4.57 Å². The lowest BCUT2D eigenvalue weighted by atomic mass is 10.00. The van der Waals surface area contributed by atoms with Gasteiger partial charge in [-0.25, -0.2) is 0 Å². The predicted octanol–water partition coefficient (Wildman–Crippen LogP) is 4.05. The largest absolute Gasteiger partial charge is 0.299 e. The molecule has 92 valence electrons. The van der Waals surface area contributed by atoms with E-state index in [1.807, 2.05) is 0 Å². The zero-order chi connectivity index (χ0) is 12.3. The highest BCUT2D eigenvalue weighted by molar-refractivity contribution is 6.28. The van der Waals surface area contributed by atoms with E-state index >= 15 is 0 Å². The molecule has 0 saturated heterocycles. The molecule has 2 atom stereocenters. The Morgan fingerprint density at radius 2 is 1.81 bits per heavy atom. The maximum absolute atomic E-state index is 6.10. The summed E-state index contributed by atoms with van der Waals surface area (Å²) in [5.41, 5.74) is 0. The molecule has 0 aromatic carbocycles. The fourth-order valence-electron chi connectivity index (χ4n) is 1.94. The molecule has 0 fully saturated rings. The van der Waals surface area contributed by atoms with E-state index in [2.05, 4.69) is 49.4 Å². The number of aromatic nitrogens is 3. The molecule has 0 amide bonds. The maximum Gasteiger partial charge on any atom is 0.225 e. The summed E-state index contributed by atoms with van der Waals surface area (Å²) in [6.07, 6.45) is 2.31. The van der Waals surface area contributed by atoms with Gasteiger partial charge in [0, 0.05) is 12.0 Å².